The Kier molecular flexibility index (Phi) is 6.42. The Morgan fingerprint density at radius 3 is 2.33 bits per heavy atom. The van der Waals surface area contributed by atoms with Crippen LogP contribution in [-0.4, -0.2) is 18.2 Å². The molecule has 0 spiro atoms. The van der Waals surface area contributed by atoms with E-state index >= 15 is 0 Å². The maximum atomic E-state index is 12.3. The number of carboxylic acid groups (broad SMARTS) is 1. The number of para-hydroxylation sites is 1. The van der Waals surface area contributed by atoms with Gasteiger partial charge in [0, 0.05) is 0 Å². The maximum Gasteiger partial charge on any atom is 0.310 e. The van der Waals surface area contributed by atoms with Gasteiger partial charge in [0.25, 0.3) is 0 Å². The molecule has 2 aromatic carbocycles. The summed E-state index contributed by atoms with van der Waals surface area (Å²) in [5.74, 6) is 0.0263. The third-order valence-corrected chi connectivity index (χ3v) is 4.57. The van der Waals surface area contributed by atoms with E-state index in [4.69, 9.17) is 4.74 Å². The summed E-state index contributed by atoms with van der Waals surface area (Å²) in [7, 11) is 1.63. The summed E-state index contributed by atoms with van der Waals surface area (Å²) in [6, 6.07) is 17.6. The molecule has 0 amide bonds. The molecule has 0 aliphatic heterocycles. The lowest BCUT2D eigenvalue weighted by molar-refractivity contribution is -0.149. The number of aliphatic carboxylic acids is 1. The lowest BCUT2D eigenvalue weighted by atomic mass is 9.73. The average molecular weight is 326 g/mol. The molecule has 3 heteroatoms. The number of hydrogen-bond acceptors (Lipinski definition) is 2. The van der Waals surface area contributed by atoms with Gasteiger partial charge < -0.3 is 9.84 Å². The van der Waals surface area contributed by atoms with Gasteiger partial charge >= 0.3 is 5.97 Å². The highest BCUT2D eigenvalue weighted by Gasteiger charge is 2.38. The first-order valence-corrected chi connectivity index (χ1v) is 8.50. The molecule has 0 aliphatic rings. The van der Waals surface area contributed by atoms with Crippen LogP contribution in [0.3, 0.4) is 0 Å². The van der Waals surface area contributed by atoms with Crippen molar-refractivity contribution in [2.75, 3.05) is 7.11 Å². The fourth-order valence-corrected chi connectivity index (χ4v) is 3.21. The largest absolute Gasteiger partial charge is 0.496 e. The molecule has 1 atom stereocenters. The number of carbonyl (C=O) groups is 1. The van der Waals surface area contributed by atoms with Gasteiger partial charge in [0.1, 0.15) is 5.75 Å². The zero-order valence-corrected chi connectivity index (χ0v) is 14.5. The van der Waals surface area contributed by atoms with Crippen molar-refractivity contribution in [1.82, 2.24) is 0 Å². The molecule has 1 unspecified atom stereocenters. The van der Waals surface area contributed by atoms with Crippen LogP contribution in [0.15, 0.2) is 54.6 Å². The summed E-state index contributed by atoms with van der Waals surface area (Å²) < 4.78 is 5.43. The zero-order valence-electron chi connectivity index (χ0n) is 14.5. The zero-order chi connectivity index (χ0) is 17.4. The van der Waals surface area contributed by atoms with Gasteiger partial charge in [-0.3, -0.25) is 4.79 Å². The number of carboxylic acids is 1. The van der Waals surface area contributed by atoms with E-state index in [1.165, 1.54) is 0 Å². The number of hydrogen-bond donors (Lipinski definition) is 1. The highest BCUT2D eigenvalue weighted by atomic mass is 16.5. The lowest BCUT2D eigenvalue weighted by Crippen LogP contribution is -2.36. The van der Waals surface area contributed by atoms with Crippen LogP contribution in [0.5, 0.6) is 5.75 Å². The van der Waals surface area contributed by atoms with E-state index in [2.05, 4.69) is 6.92 Å². The van der Waals surface area contributed by atoms with E-state index in [0.29, 0.717) is 19.3 Å². The number of benzene rings is 2. The minimum absolute atomic E-state index is 0.473. The third-order valence-electron chi connectivity index (χ3n) is 4.57. The summed E-state index contributed by atoms with van der Waals surface area (Å²) in [4.78, 5) is 12.3. The Morgan fingerprint density at radius 2 is 1.71 bits per heavy atom. The van der Waals surface area contributed by atoms with Gasteiger partial charge in [-0.1, -0.05) is 68.3 Å². The Morgan fingerprint density at radius 1 is 1.04 bits per heavy atom. The number of rotatable bonds is 9. The molecule has 3 nitrogen and oxygen atoms in total. The first-order chi connectivity index (χ1) is 11.6. The molecule has 2 aromatic rings. The van der Waals surface area contributed by atoms with Crippen LogP contribution < -0.4 is 4.74 Å². The van der Waals surface area contributed by atoms with E-state index in [-0.39, 0.29) is 0 Å². The molecule has 0 saturated carbocycles. The minimum atomic E-state index is -0.813. The van der Waals surface area contributed by atoms with Crippen LogP contribution in [0.1, 0.15) is 37.3 Å². The predicted molar refractivity (Wildman–Crippen MR) is 96.4 cm³/mol. The molecule has 1 N–H and O–H groups in total. The Bertz CT molecular complexity index is 651. The Balaban J connectivity index is 2.38. The van der Waals surface area contributed by atoms with Gasteiger partial charge in [-0.15, -0.1) is 0 Å². The van der Waals surface area contributed by atoms with Crippen molar-refractivity contribution in [2.45, 2.75) is 39.0 Å². The van der Waals surface area contributed by atoms with Gasteiger partial charge in [-0.05, 0) is 36.5 Å². The van der Waals surface area contributed by atoms with Crippen molar-refractivity contribution in [1.29, 1.82) is 0 Å². The van der Waals surface area contributed by atoms with Crippen molar-refractivity contribution in [3.8, 4) is 5.75 Å². The second-order valence-electron chi connectivity index (χ2n) is 6.34. The van der Waals surface area contributed by atoms with Gasteiger partial charge in [0.05, 0.1) is 12.5 Å². The van der Waals surface area contributed by atoms with E-state index < -0.39 is 11.4 Å². The molecule has 0 aliphatic carbocycles. The van der Waals surface area contributed by atoms with Crippen molar-refractivity contribution >= 4 is 5.97 Å². The van der Waals surface area contributed by atoms with Crippen LogP contribution in [-0.2, 0) is 17.6 Å². The van der Waals surface area contributed by atoms with E-state index in [0.717, 1.165) is 29.7 Å². The summed E-state index contributed by atoms with van der Waals surface area (Å²) in [6.07, 6.45) is 3.54. The van der Waals surface area contributed by atoms with Gasteiger partial charge in [-0.25, -0.2) is 0 Å². The summed E-state index contributed by atoms with van der Waals surface area (Å²) >= 11 is 0. The molecule has 0 bridgehead atoms. The summed E-state index contributed by atoms with van der Waals surface area (Å²) in [6.45, 7) is 2.10. The Hall–Kier alpha value is -2.29. The topological polar surface area (TPSA) is 46.5 Å². The molecule has 24 heavy (non-hydrogen) atoms. The molecule has 0 saturated heterocycles. The number of ether oxygens (including phenoxy) is 1. The van der Waals surface area contributed by atoms with Crippen molar-refractivity contribution in [3.05, 3.63) is 65.7 Å². The lowest BCUT2D eigenvalue weighted by Gasteiger charge is -2.30. The van der Waals surface area contributed by atoms with E-state index in [1.54, 1.807) is 7.11 Å². The SMILES string of the molecule is CCCCC(Cc1ccccc1)(Cc1ccccc1OC)C(=O)O. The second-order valence-corrected chi connectivity index (χ2v) is 6.34. The van der Waals surface area contributed by atoms with Gasteiger partial charge in [-0.2, -0.15) is 0 Å². The van der Waals surface area contributed by atoms with Gasteiger partial charge in [0.15, 0.2) is 0 Å². The molecular weight excluding hydrogens is 300 g/mol. The monoisotopic (exact) mass is 326 g/mol. The minimum Gasteiger partial charge on any atom is -0.496 e. The summed E-state index contributed by atoms with van der Waals surface area (Å²) in [5.41, 5.74) is 1.20. The highest BCUT2D eigenvalue weighted by molar-refractivity contribution is 5.75. The van der Waals surface area contributed by atoms with Crippen LogP contribution in [0.25, 0.3) is 0 Å². The molecule has 0 radical (unpaired) electrons. The molecule has 0 fully saturated rings. The predicted octanol–water partition coefficient (Wildman–Crippen LogP) is 4.74. The third kappa shape index (κ3) is 4.38. The normalized spacial score (nSPS) is 13.2. The van der Waals surface area contributed by atoms with Crippen molar-refractivity contribution in [2.24, 2.45) is 5.41 Å². The van der Waals surface area contributed by atoms with Crippen molar-refractivity contribution in [3.63, 3.8) is 0 Å². The highest BCUT2D eigenvalue weighted by Crippen LogP contribution is 2.36. The fourth-order valence-electron chi connectivity index (χ4n) is 3.21. The molecule has 0 heterocycles. The first-order valence-electron chi connectivity index (χ1n) is 8.50. The smallest absolute Gasteiger partial charge is 0.310 e. The Labute approximate surface area is 144 Å². The molecule has 2 rings (SSSR count). The quantitative estimate of drug-likeness (QED) is 0.724. The van der Waals surface area contributed by atoms with Crippen LogP contribution in [0.4, 0.5) is 0 Å². The number of unbranched alkanes of at least 4 members (excludes halogenated alkanes) is 1. The van der Waals surface area contributed by atoms with Gasteiger partial charge in [0.2, 0.25) is 0 Å². The van der Waals surface area contributed by atoms with E-state index in [1.807, 2.05) is 54.6 Å². The average Bonchev–Trinajstić information content (AvgIpc) is 2.61. The van der Waals surface area contributed by atoms with Crippen LogP contribution >= 0.6 is 0 Å². The van der Waals surface area contributed by atoms with Crippen LogP contribution in [0.2, 0.25) is 0 Å². The first kappa shape index (κ1) is 18.1. The maximum absolute atomic E-state index is 12.3. The second kappa shape index (κ2) is 8.53. The van der Waals surface area contributed by atoms with E-state index in [9.17, 15) is 9.90 Å². The number of methoxy groups -OCH3 is 1. The fraction of sp³-hybridized carbons (Fsp3) is 0.381. The standard InChI is InChI=1S/C21H26O3/c1-3-4-14-21(20(22)23,15-17-10-6-5-7-11-17)16-18-12-8-9-13-19(18)24-2/h5-13H,3-4,14-16H2,1-2H3,(H,22,23). The molecule has 128 valence electrons. The van der Waals surface area contributed by atoms with Crippen molar-refractivity contribution < 1.29 is 14.6 Å². The summed E-state index contributed by atoms with van der Waals surface area (Å²) in [5, 5.41) is 10.1. The van der Waals surface area contributed by atoms with Crippen LogP contribution in [0, 0.1) is 5.41 Å². The molecule has 0 aromatic heterocycles. The molecular formula is C21H26O3.